The molecule has 1 aromatic carbocycles. The van der Waals surface area contributed by atoms with Crippen LogP contribution in [0.1, 0.15) is 19.8 Å². The topological polar surface area (TPSA) is 29.0 Å². The van der Waals surface area contributed by atoms with Gasteiger partial charge in [0.05, 0.1) is 5.69 Å². The summed E-state index contributed by atoms with van der Waals surface area (Å²) < 4.78 is 0. The van der Waals surface area contributed by atoms with Crippen LogP contribution in [0.25, 0.3) is 11.3 Å². The van der Waals surface area contributed by atoms with Crippen LogP contribution in [0.3, 0.4) is 0 Å². The summed E-state index contributed by atoms with van der Waals surface area (Å²) >= 11 is 0. The van der Waals surface area contributed by atoms with Gasteiger partial charge in [-0.25, -0.2) is 0 Å². The lowest BCUT2D eigenvalue weighted by Crippen LogP contribution is -2.33. The fraction of sp³-hybridized carbons (Fsp3) is 0.375. The first-order valence-corrected chi connectivity index (χ1v) is 6.97. The van der Waals surface area contributed by atoms with Crippen LogP contribution in [0.2, 0.25) is 0 Å². The number of benzene rings is 1. The molecule has 1 saturated heterocycles. The van der Waals surface area contributed by atoms with E-state index >= 15 is 0 Å². The number of rotatable bonds is 2. The molecule has 2 aromatic rings. The number of piperidine rings is 1. The second-order valence-electron chi connectivity index (χ2n) is 5.31. The molecular weight excluding hydrogens is 234 g/mol. The summed E-state index contributed by atoms with van der Waals surface area (Å²) in [7, 11) is 0. The van der Waals surface area contributed by atoms with Crippen molar-refractivity contribution < 1.29 is 0 Å². The molecule has 2 heterocycles. The summed E-state index contributed by atoms with van der Waals surface area (Å²) in [5, 5.41) is 8.73. The Labute approximate surface area is 114 Å². The van der Waals surface area contributed by atoms with E-state index in [9.17, 15) is 0 Å². The van der Waals surface area contributed by atoms with Crippen molar-refractivity contribution in [3.05, 3.63) is 42.5 Å². The summed E-state index contributed by atoms with van der Waals surface area (Å²) in [4.78, 5) is 2.34. The highest BCUT2D eigenvalue weighted by Gasteiger charge is 2.17. The maximum absolute atomic E-state index is 4.38. The number of nitrogens with zero attached hydrogens (tertiary/aromatic N) is 3. The van der Waals surface area contributed by atoms with E-state index in [-0.39, 0.29) is 0 Å². The van der Waals surface area contributed by atoms with Gasteiger partial charge in [0.25, 0.3) is 0 Å². The normalized spacial score (nSPS) is 16.6. The van der Waals surface area contributed by atoms with Gasteiger partial charge in [-0.05, 0) is 30.9 Å². The maximum atomic E-state index is 4.38. The zero-order chi connectivity index (χ0) is 13.1. The Hall–Kier alpha value is -1.90. The summed E-state index contributed by atoms with van der Waals surface area (Å²) in [6.07, 6.45) is 2.50. The molecule has 0 unspecified atom stereocenters. The van der Waals surface area contributed by atoms with E-state index in [1.54, 1.807) is 0 Å². The quantitative estimate of drug-likeness (QED) is 0.821. The van der Waals surface area contributed by atoms with Gasteiger partial charge in [-0.15, -0.1) is 10.2 Å². The third kappa shape index (κ3) is 2.75. The van der Waals surface area contributed by atoms with Crippen LogP contribution in [0.5, 0.6) is 0 Å². The maximum Gasteiger partial charge on any atom is 0.151 e. The standard InChI is InChI=1S/C16H19N3/c1-13-9-11-19(12-10-13)16-8-7-15(17-18-16)14-5-3-2-4-6-14/h2-8,13H,9-12H2,1H3. The van der Waals surface area contributed by atoms with Crippen LogP contribution in [-0.4, -0.2) is 23.3 Å². The highest BCUT2D eigenvalue weighted by Crippen LogP contribution is 2.22. The number of hydrogen-bond donors (Lipinski definition) is 0. The predicted octanol–water partition coefficient (Wildman–Crippen LogP) is 3.38. The molecule has 1 aliphatic rings. The van der Waals surface area contributed by atoms with Crippen LogP contribution in [0.4, 0.5) is 5.82 Å². The van der Waals surface area contributed by atoms with Crippen molar-refractivity contribution in [2.75, 3.05) is 18.0 Å². The minimum atomic E-state index is 0.841. The molecular formula is C16H19N3. The fourth-order valence-corrected chi connectivity index (χ4v) is 2.49. The van der Waals surface area contributed by atoms with E-state index in [4.69, 9.17) is 0 Å². The molecule has 98 valence electrons. The Kier molecular flexibility index (Phi) is 3.45. The van der Waals surface area contributed by atoms with Gasteiger partial charge in [-0.1, -0.05) is 37.3 Å². The first-order chi connectivity index (χ1) is 9.33. The van der Waals surface area contributed by atoms with Gasteiger partial charge in [-0.3, -0.25) is 0 Å². The smallest absolute Gasteiger partial charge is 0.151 e. The summed E-state index contributed by atoms with van der Waals surface area (Å²) in [5.41, 5.74) is 2.06. The molecule has 3 nitrogen and oxygen atoms in total. The van der Waals surface area contributed by atoms with Crippen molar-refractivity contribution in [3.63, 3.8) is 0 Å². The van der Waals surface area contributed by atoms with Gasteiger partial charge in [-0.2, -0.15) is 0 Å². The molecule has 0 bridgehead atoms. The lowest BCUT2D eigenvalue weighted by atomic mass is 9.99. The Morgan fingerprint density at radius 1 is 0.947 bits per heavy atom. The second-order valence-corrected chi connectivity index (χ2v) is 5.31. The summed E-state index contributed by atoms with van der Waals surface area (Å²) in [6, 6.07) is 14.3. The minimum Gasteiger partial charge on any atom is -0.355 e. The van der Waals surface area contributed by atoms with Crippen LogP contribution >= 0.6 is 0 Å². The molecule has 1 aliphatic heterocycles. The number of hydrogen-bond acceptors (Lipinski definition) is 3. The third-order valence-electron chi connectivity index (χ3n) is 3.83. The number of aromatic nitrogens is 2. The van der Waals surface area contributed by atoms with Crippen molar-refractivity contribution in [1.29, 1.82) is 0 Å². The molecule has 19 heavy (non-hydrogen) atoms. The molecule has 1 fully saturated rings. The summed E-state index contributed by atoms with van der Waals surface area (Å²) in [5.74, 6) is 1.85. The van der Waals surface area contributed by atoms with Crippen LogP contribution in [0.15, 0.2) is 42.5 Å². The van der Waals surface area contributed by atoms with Crippen molar-refractivity contribution in [1.82, 2.24) is 10.2 Å². The summed E-state index contributed by atoms with van der Waals surface area (Å²) in [6.45, 7) is 4.52. The fourth-order valence-electron chi connectivity index (χ4n) is 2.49. The molecule has 3 rings (SSSR count). The largest absolute Gasteiger partial charge is 0.355 e. The van der Waals surface area contributed by atoms with E-state index in [1.807, 2.05) is 18.2 Å². The van der Waals surface area contributed by atoms with Gasteiger partial charge in [0.1, 0.15) is 0 Å². The Morgan fingerprint density at radius 2 is 1.68 bits per heavy atom. The van der Waals surface area contributed by atoms with Gasteiger partial charge in [0.2, 0.25) is 0 Å². The predicted molar refractivity (Wildman–Crippen MR) is 78.1 cm³/mol. The van der Waals surface area contributed by atoms with E-state index < -0.39 is 0 Å². The van der Waals surface area contributed by atoms with Crippen LogP contribution in [-0.2, 0) is 0 Å². The van der Waals surface area contributed by atoms with Gasteiger partial charge >= 0.3 is 0 Å². The molecule has 0 spiro atoms. The zero-order valence-electron chi connectivity index (χ0n) is 11.3. The van der Waals surface area contributed by atoms with Gasteiger partial charge in [0.15, 0.2) is 5.82 Å². The average Bonchev–Trinajstić information content (AvgIpc) is 2.49. The zero-order valence-corrected chi connectivity index (χ0v) is 11.3. The molecule has 0 N–H and O–H groups in total. The molecule has 0 aliphatic carbocycles. The lowest BCUT2D eigenvalue weighted by molar-refractivity contribution is 0.436. The lowest BCUT2D eigenvalue weighted by Gasteiger charge is -2.30. The molecule has 3 heteroatoms. The molecule has 1 aromatic heterocycles. The van der Waals surface area contributed by atoms with E-state index in [2.05, 4.69) is 46.3 Å². The van der Waals surface area contributed by atoms with E-state index in [1.165, 1.54) is 12.8 Å². The van der Waals surface area contributed by atoms with E-state index in [0.717, 1.165) is 36.1 Å². The Balaban J connectivity index is 1.76. The number of anilines is 1. The minimum absolute atomic E-state index is 0.841. The van der Waals surface area contributed by atoms with Crippen molar-refractivity contribution in [3.8, 4) is 11.3 Å². The monoisotopic (exact) mass is 253 g/mol. The van der Waals surface area contributed by atoms with Crippen molar-refractivity contribution in [2.45, 2.75) is 19.8 Å². The molecule has 0 radical (unpaired) electrons. The van der Waals surface area contributed by atoms with Crippen LogP contribution < -0.4 is 4.90 Å². The highest BCUT2D eigenvalue weighted by atomic mass is 15.3. The Morgan fingerprint density at radius 3 is 2.32 bits per heavy atom. The van der Waals surface area contributed by atoms with Crippen molar-refractivity contribution >= 4 is 5.82 Å². The first-order valence-electron chi connectivity index (χ1n) is 6.97. The molecule has 0 atom stereocenters. The van der Waals surface area contributed by atoms with Gasteiger partial charge in [0, 0.05) is 18.7 Å². The SMILES string of the molecule is CC1CCN(c2ccc(-c3ccccc3)nn2)CC1. The van der Waals surface area contributed by atoms with Crippen LogP contribution in [0, 0.1) is 5.92 Å². The van der Waals surface area contributed by atoms with E-state index in [0.29, 0.717) is 0 Å². The second kappa shape index (κ2) is 5.39. The first kappa shape index (κ1) is 12.2. The Bertz CT molecular complexity index is 513. The van der Waals surface area contributed by atoms with Crippen molar-refractivity contribution in [2.24, 2.45) is 5.92 Å². The molecule has 0 amide bonds. The third-order valence-corrected chi connectivity index (χ3v) is 3.83. The molecule has 0 saturated carbocycles. The highest BCUT2D eigenvalue weighted by molar-refractivity contribution is 5.59. The average molecular weight is 253 g/mol. The van der Waals surface area contributed by atoms with Gasteiger partial charge < -0.3 is 4.90 Å².